The Hall–Kier alpha value is -4.55. The van der Waals surface area contributed by atoms with Gasteiger partial charge in [-0.3, -0.25) is 9.48 Å². The van der Waals surface area contributed by atoms with Crippen LogP contribution in [0.4, 0.5) is 0 Å². The Bertz CT molecular complexity index is 1420. The highest BCUT2D eigenvalue weighted by molar-refractivity contribution is 7.19. The highest BCUT2D eigenvalue weighted by atomic mass is 28.3. The van der Waals surface area contributed by atoms with E-state index in [1.807, 2.05) is 78.9 Å². The number of ketones is 1. The number of carbonyl (C=O) groups is 2. The second kappa shape index (κ2) is 11.2. The first kappa shape index (κ1) is 25.1. The van der Waals surface area contributed by atoms with Gasteiger partial charge >= 0.3 is 5.97 Å². The van der Waals surface area contributed by atoms with E-state index in [-0.39, 0.29) is 24.6 Å². The zero-order valence-electron chi connectivity index (χ0n) is 21.2. The van der Waals surface area contributed by atoms with Crippen molar-refractivity contribution in [2.45, 2.75) is 13.5 Å². The third kappa shape index (κ3) is 4.74. The summed E-state index contributed by atoms with van der Waals surface area (Å²) in [5, 5.41) is 8.91. The molecule has 0 fully saturated rings. The highest BCUT2D eigenvalue weighted by Crippen LogP contribution is 2.12. The summed E-state index contributed by atoms with van der Waals surface area (Å²) in [7, 11) is -3.02. The summed E-state index contributed by atoms with van der Waals surface area (Å²) in [6, 6.07) is 42.0. The first-order valence-corrected chi connectivity index (χ1v) is 14.6. The van der Waals surface area contributed by atoms with Gasteiger partial charge in [-0.05, 0) is 28.6 Å². The molecule has 0 N–H and O–H groups in total. The second-order valence-corrected chi connectivity index (χ2v) is 12.7. The van der Waals surface area contributed by atoms with Gasteiger partial charge in [0.25, 0.3) is 0 Å². The van der Waals surface area contributed by atoms with Crippen LogP contribution in [-0.4, -0.2) is 36.2 Å². The van der Waals surface area contributed by atoms with E-state index in [1.165, 1.54) is 0 Å². The van der Waals surface area contributed by atoms with Crippen molar-refractivity contribution in [3.63, 3.8) is 0 Å². The molecule has 0 aliphatic heterocycles. The normalized spacial score (nSPS) is 11.2. The Kier molecular flexibility index (Phi) is 7.42. The maximum Gasteiger partial charge on any atom is 0.358 e. The van der Waals surface area contributed by atoms with Crippen molar-refractivity contribution < 1.29 is 14.3 Å². The number of carbonyl (C=O) groups excluding carboxylic acids is 2. The van der Waals surface area contributed by atoms with Crippen LogP contribution in [0.2, 0.25) is 0 Å². The van der Waals surface area contributed by atoms with E-state index in [0.29, 0.717) is 5.56 Å². The van der Waals surface area contributed by atoms with Crippen molar-refractivity contribution in [2.24, 2.45) is 0 Å². The molecule has 0 amide bonds. The fraction of sp³-hybridized carbons (Fsp3) is 0.0938. The molecule has 0 saturated heterocycles. The summed E-state index contributed by atoms with van der Waals surface area (Å²) in [4.78, 5) is 26.4. The molecule has 0 saturated carbocycles. The fourth-order valence-electron chi connectivity index (χ4n) is 5.00. The molecule has 0 unspecified atom stereocenters. The summed E-state index contributed by atoms with van der Waals surface area (Å²) in [5.74, 6) is -0.584. The van der Waals surface area contributed by atoms with Crippen molar-refractivity contribution in [1.29, 1.82) is 0 Å². The highest BCUT2D eigenvalue weighted by Gasteiger charge is 2.45. The van der Waals surface area contributed by atoms with E-state index >= 15 is 0 Å². The molecule has 0 aliphatic carbocycles. The van der Waals surface area contributed by atoms with Crippen LogP contribution in [0.1, 0.15) is 27.8 Å². The van der Waals surface area contributed by atoms with E-state index < -0.39 is 14.0 Å². The van der Waals surface area contributed by atoms with Gasteiger partial charge in [-0.1, -0.05) is 121 Å². The summed E-state index contributed by atoms with van der Waals surface area (Å²) >= 11 is 0. The van der Waals surface area contributed by atoms with Crippen molar-refractivity contribution in [2.75, 3.05) is 6.61 Å². The third-order valence-corrected chi connectivity index (χ3v) is 11.4. The summed E-state index contributed by atoms with van der Waals surface area (Å²) in [5.41, 5.74) is 0.792. The van der Waals surface area contributed by atoms with Gasteiger partial charge in [0.15, 0.2) is 11.5 Å². The second-order valence-electron chi connectivity index (χ2n) is 8.93. The average Bonchev–Trinajstić information content (AvgIpc) is 3.40. The van der Waals surface area contributed by atoms with Crippen LogP contribution < -0.4 is 20.9 Å². The Morgan fingerprint density at radius 3 is 1.61 bits per heavy atom. The zero-order valence-corrected chi connectivity index (χ0v) is 22.2. The number of aromatic nitrogens is 2. The lowest BCUT2D eigenvalue weighted by molar-refractivity contribution is 0.0517. The molecular formula is C32H28N2O3Si. The maximum atomic E-state index is 13.4. The lowest BCUT2D eigenvalue weighted by Crippen LogP contribution is -2.76. The van der Waals surface area contributed by atoms with E-state index in [2.05, 4.69) is 36.4 Å². The van der Waals surface area contributed by atoms with Gasteiger partial charge in [-0.2, -0.15) is 5.10 Å². The van der Waals surface area contributed by atoms with Gasteiger partial charge in [0.2, 0.25) is 8.07 Å². The molecule has 4 aromatic carbocycles. The molecule has 0 bridgehead atoms. The van der Waals surface area contributed by atoms with Crippen LogP contribution >= 0.6 is 0 Å². The minimum Gasteiger partial charge on any atom is -0.461 e. The van der Waals surface area contributed by atoms with Crippen LogP contribution in [0.3, 0.4) is 0 Å². The topological polar surface area (TPSA) is 61.2 Å². The first-order valence-electron chi connectivity index (χ1n) is 12.6. The minimum atomic E-state index is -3.02. The Morgan fingerprint density at radius 2 is 1.16 bits per heavy atom. The van der Waals surface area contributed by atoms with E-state index in [0.717, 1.165) is 20.9 Å². The quantitative estimate of drug-likeness (QED) is 0.131. The van der Waals surface area contributed by atoms with Crippen molar-refractivity contribution in [3.05, 3.63) is 139 Å². The van der Waals surface area contributed by atoms with E-state index in [4.69, 9.17) is 9.84 Å². The molecular weight excluding hydrogens is 488 g/mol. The number of nitrogens with zero attached hydrogens (tertiary/aromatic N) is 2. The molecule has 5 rings (SSSR count). The number of hydrogen-bond acceptors (Lipinski definition) is 4. The van der Waals surface area contributed by atoms with Crippen LogP contribution in [0, 0.1) is 0 Å². The zero-order chi connectivity index (χ0) is 26.4. The molecule has 0 radical (unpaired) electrons. The molecule has 38 heavy (non-hydrogen) atoms. The van der Waals surface area contributed by atoms with Crippen LogP contribution in [0.5, 0.6) is 0 Å². The predicted octanol–water partition coefficient (Wildman–Crippen LogP) is 3.32. The summed E-state index contributed by atoms with van der Waals surface area (Å²) in [6.45, 7) is 2.01. The fourth-order valence-corrected chi connectivity index (χ4v) is 9.84. The number of ether oxygens (including phenoxy) is 1. The predicted molar refractivity (Wildman–Crippen MR) is 153 cm³/mol. The van der Waals surface area contributed by atoms with Crippen LogP contribution in [0.25, 0.3) is 0 Å². The number of esters is 1. The third-order valence-electron chi connectivity index (χ3n) is 6.66. The Morgan fingerprint density at radius 1 is 0.711 bits per heavy atom. The van der Waals surface area contributed by atoms with Crippen LogP contribution in [-0.2, 0) is 11.3 Å². The minimum absolute atomic E-state index is 0.00000236. The van der Waals surface area contributed by atoms with Gasteiger partial charge < -0.3 is 4.74 Å². The van der Waals surface area contributed by atoms with Gasteiger partial charge in [0.1, 0.15) is 6.54 Å². The van der Waals surface area contributed by atoms with Gasteiger partial charge in [0.05, 0.1) is 6.61 Å². The largest absolute Gasteiger partial charge is 0.461 e. The number of Topliss-reactive ketones (excluding diaryl/α,β-unsaturated/α-hetero) is 1. The number of hydrogen-bond donors (Lipinski definition) is 0. The smallest absolute Gasteiger partial charge is 0.358 e. The van der Waals surface area contributed by atoms with E-state index in [9.17, 15) is 9.59 Å². The first-order chi connectivity index (χ1) is 18.6. The molecule has 0 aliphatic rings. The Balaban J connectivity index is 1.82. The van der Waals surface area contributed by atoms with Crippen molar-refractivity contribution in [3.8, 4) is 0 Å². The van der Waals surface area contributed by atoms with Crippen molar-refractivity contribution in [1.82, 2.24) is 9.78 Å². The van der Waals surface area contributed by atoms with Crippen molar-refractivity contribution >= 4 is 40.7 Å². The molecule has 5 nitrogen and oxygen atoms in total. The van der Waals surface area contributed by atoms with Gasteiger partial charge in [-0.25, -0.2) is 4.79 Å². The molecule has 0 spiro atoms. The average molecular weight is 517 g/mol. The summed E-state index contributed by atoms with van der Waals surface area (Å²) < 4.78 is 7.05. The molecule has 1 heterocycles. The number of rotatable bonds is 9. The molecule has 188 valence electrons. The van der Waals surface area contributed by atoms with Gasteiger partial charge in [-0.15, -0.1) is 0 Å². The SMILES string of the molecule is CCOC(=O)c1cc([Si](c2ccccc2)(c2ccccc2)c2ccccc2)n(CC(=O)c2ccccc2)n1. The molecule has 6 heteroatoms. The lowest BCUT2D eigenvalue weighted by atomic mass is 10.1. The lowest BCUT2D eigenvalue weighted by Gasteiger charge is -2.34. The molecule has 0 atom stereocenters. The molecule has 1 aromatic heterocycles. The summed E-state index contributed by atoms with van der Waals surface area (Å²) in [6.07, 6.45) is 0. The number of benzene rings is 4. The Labute approximate surface area is 223 Å². The standard InChI is InChI=1S/C32H28N2O3Si/c1-2-37-32(36)29-23-31(34(33-29)24-30(35)25-15-7-3-8-16-25)38(26-17-9-4-10-18-26,27-19-11-5-12-20-27)28-21-13-6-14-22-28/h3-23H,2,24H2,1H3. The monoisotopic (exact) mass is 516 g/mol. The maximum absolute atomic E-state index is 13.4. The van der Waals surface area contributed by atoms with Gasteiger partial charge in [0, 0.05) is 10.9 Å². The van der Waals surface area contributed by atoms with E-state index in [1.54, 1.807) is 23.7 Å². The van der Waals surface area contributed by atoms with Crippen LogP contribution in [0.15, 0.2) is 127 Å². The molecule has 5 aromatic rings.